The van der Waals surface area contributed by atoms with E-state index in [2.05, 4.69) is 20.0 Å². The fourth-order valence-corrected chi connectivity index (χ4v) is 1.24. The lowest BCUT2D eigenvalue weighted by Crippen LogP contribution is -2.14. The molecule has 0 radical (unpaired) electrons. The number of rotatable bonds is 2. The zero-order chi connectivity index (χ0) is 11.5. The highest BCUT2D eigenvalue weighted by Crippen LogP contribution is 2.12. The van der Waals surface area contributed by atoms with E-state index in [1.165, 1.54) is 12.5 Å². The Labute approximate surface area is 91.5 Å². The molecule has 2 heterocycles. The van der Waals surface area contributed by atoms with Crippen LogP contribution in [0.5, 0.6) is 0 Å². The molecule has 0 bridgehead atoms. The first-order chi connectivity index (χ1) is 7.66. The van der Waals surface area contributed by atoms with Crippen LogP contribution in [0.4, 0.5) is 11.5 Å². The fourth-order valence-electron chi connectivity index (χ4n) is 1.24. The summed E-state index contributed by atoms with van der Waals surface area (Å²) in [6.45, 7) is 1.73. The minimum absolute atomic E-state index is 0.314. The van der Waals surface area contributed by atoms with Gasteiger partial charge < -0.3 is 15.6 Å². The third kappa shape index (κ3) is 2.00. The lowest BCUT2D eigenvalue weighted by molar-refractivity contribution is 0.102. The van der Waals surface area contributed by atoms with Gasteiger partial charge >= 0.3 is 0 Å². The molecule has 6 nitrogen and oxygen atoms in total. The van der Waals surface area contributed by atoms with Crippen molar-refractivity contribution in [1.29, 1.82) is 0 Å². The number of nitrogens with two attached hydrogens (primary N) is 1. The second-order valence-corrected chi connectivity index (χ2v) is 3.24. The Balaban J connectivity index is 2.24. The van der Waals surface area contributed by atoms with Gasteiger partial charge in [0.05, 0.1) is 23.1 Å². The number of nitrogens with zero attached hydrogens (tertiary/aromatic N) is 2. The fraction of sp³-hybridized carbons (Fsp3) is 0.100. The molecule has 0 saturated carbocycles. The zero-order valence-corrected chi connectivity index (χ0v) is 8.60. The molecule has 3 N–H and O–H groups in total. The molecular formula is C10H10N4O2. The van der Waals surface area contributed by atoms with Crippen LogP contribution in [0.25, 0.3) is 0 Å². The van der Waals surface area contributed by atoms with Crippen LogP contribution in [0.1, 0.15) is 16.1 Å². The smallest absolute Gasteiger partial charge is 0.258 e. The summed E-state index contributed by atoms with van der Waals surface area (Å²) < 4.78 is 4.60. The van der Waals surface area contributed by atoms with Gasteiger partial charge in [-0.25, -0.2) is 0 Å². The van der Waals surface area contributed by atoms with Crippen molar-refractivity contribution in [3.8, 4) is 0 Å². The Hall–Kier alpha value is -2.37. The highest BCUT2D eigenvalue weighted by atomic mass is 16.5. The Morgan fingerprint density at radius 3 is 3.06 bits per heavy atom. The van der Waals surface area contributed by atoms with Gasteiger partial charge in [0.2, 0.25) is 0 Å². The van der Waals surface area contributed by atoms with Gasteiger partial charge in [-0.3, -0.25) is 9.78 Å². The summed E-state index contributed by atoms with van der Waals surface area (Å²) in [6, 6.07) is 3.12. The summed E-state index contributed by atoms with van der Waals surface area (Å²) in [7, 11) is 0. The van der Waals surface area contributed by atoms with Crippen molar-refractivity contribution in [1.82, 2.24) is 10.1 Å². The van der Waals surface area contributed by atoms with E-state index in [4.69, 9.17) is 5.73 Å². The van der Waals surface area contributed by atoms with Crippen LogP contribution < -0.4 is 11.1 Å². The molecular weight excluding hydrogens is 208 g/mol. The molecule has 0 spiro atoms. The zero-order valence-electron chi connectivity index (χ0n) is 8.60. The van der Waals surface area contributed by atoms with Gasteiger partial charge in [-0.05, 0) is 13.0 Å². The van der Waals surface area contributed by atoms with E-state index >= 15 is 0 Å². The number of hydrogen-bond acceptors (Lipinski definition) is 5. The van der Waals surface area contributed by atoms with Crippen molar-refractivity contribution in [3.63, 3.8) is 0 Å². The Kier molecular flexibility index (Phi) is 2.55. The summed E-state index contributed by atoms with van der Waals surface area (Å²) in [5.74, 6) is 0.0398. The van der Waals surface area contributed by atoms with Gasteiger partial charge in [-0.1, -0.05) is 5.16 Å². The average molecular weight is 218 g/mol. The maximum Gasteiger partial charge on any atom is 0.258 e. The molecule has 0 saturated heterocycles. The van der Waals surface area contributed by atoms with Gasteiger partial charge in [-0.2, -0.15) is 0 Å². The number of aryl methyl sites for hydroxylation is 1. The summed E-state index contributed by atoms with van der Waals surface area (Å²) in [4.78, 5) is 15.8. The van der Waals surface area contributed by atoms with Crippen molar-refractivity contribution in [2.75, 3.05) is 11.1 Å². The van der Waals surface area contributed by atoms with Crippen molar-refractivity contribution < 1.29 is 9.32 Å². The molecule has 0 aliphatic rings. The van der Waals surface area contributed by atoms with Crippen LogP contribution >= 0.6 is 0 Å². The van der Waals surface area contributed by atoms with Crippen LogP contribution in [0.15, 0.2) is 29.1 Å². The number of anilines is 2. The molecule has 16 heavy (non-hydrogen) atoms. The van der Waals surface area contributed by atoms with Crippen molar-refractivity contribution in [2.45, 2.75) is 6.92 Å². The maximum absolute atomic E-state index is 11.8. The van der Waals surface area contributed by atoms with E-state index in [1.54, 1.807) is 19.1 Å². The van der Waals surface area contributed by atoms with E-state index in [9.17, 15) is 4.79 Å². The predicted molar refractivity (Wildman–Crippen MR) is 57.8 cm³/mol. The number of carbonyl (C=O) groups is 1. The van der Waals surface area contributed by atoms with Gasteiger partial charge in [0.25, 0.3) is 5.91 Å². The number of nitrogens with one attached hydrogen (secondary N) is 1. The minimum atomic E-state index is -0.314. The monoisotopic (exact) mass is 218 g/mol. The molecule has 0 fully saturated rings. The van der Waals surface area contributed by atoms with E-state index in [-0.39, 0.29) is 5.91 Å². The molecule has 2 aromatic rings. The first-order valence-corrected chi connectivity index (χ1v) is 4.60. The van der Waals surface area contributed by atoms with Crippen molar-refractivity contribution >= 4 is 17.4 Å². The highest BCUT2D eigenvalue weighted by molar-refractivity contribution is 6.04. The Morgan fingerprint density at radius 1 is 1.56 bits per heavy atom. The lowest BCUT2D eigenvalue weighted by atomic mass is 10.2. The highest BCUT2D eigenvalue weighted by Gasteiger charge is 2.11. The second-order valence-electron chi connectivity index (χ2n) is 3.24. The maximum atomic E-state index is 11.8. The summed E-state index contributed by atoms with van der Waals surface area (Å²) in [5, 5.41) is 6.14. The standard InChI is InChI=1S/C10H10N4O2/c1-6-8(4-7(11)5-12-6)10(15)13-9-2-3-16-14-9/h2-5H,11H2,1H3,(H,13,14,15). The Morgan fingerprint density at radius 2 is 2.38 bits per heavy atom. The number of carbonyl (C=O) groups excluding carboxylic acids is 1. The number of aromatic nitrogens is 2. The topological polar surface area (TPSA) is 94.0 Å². The largest absolute Gasteiger partial charge is 0.397 e. The van der Waals surface area contributed by atoms with E-state index in [0.717, 1.165) is 0 Å². The van der Waals surface area contributed by atoms with E-state index < -0.39 is 0 Å². The van der Waals surface area contributed by atoms with Gasteiger partial charge in [0, 0.05) is 6.07 Å². The van der Waals surface area contributed by atoms with Gasteiger partial charge in [-0.15, -0.1) is 0 Å². The van der Waals surface area contributed by atoms with Crippen molar-refractivity contribution in [2.24, 2.45) is 0 Å². The summed E-state index contributed by atoms with van der Waals surface area (Å²) in [5.41, 5.74) is 7.03. The molecule has 0 unspecified atom stereocenters. The number of amides is 1. The molecule has 82 valence electrons. The van der Waals surface area contributed by atoms with Crippen LogP contribution in [-0.4, -0.2) is 16.0 Å². The van der Waals surface area contributed by atoms with Crippen LogP contribution in [0, 0.1) is 6.92 Å². The molecule has 0 aliphatic carbocycles. The molecule has 6 heteroatoms. The molecule has 0 atom stereocenters. The predicted octanol–water partition coefficient (Wildman–Crippen LogP) is 1.21. The van der Waals surface area contributed by atoms with E-state index in [0.29, 0.717) is 22.8 Å². The van der Waals surface area contributed by atoms with Gasteiger partial charge in [0.15, 0.2) is 5.82 Å². The molecule has 0 aromatic carbocycles. The summed E-state index contributed by atoms with van der Waals surface area (Å²) in [6.07, 6.45) is 2.88. The normalized spacial score (nSPS) is 10.1. The molecule has 1 amide bonds. The van der Waals surface area contributed by atoms with Crippen molar-refractivity contribution in [3.05, 3.63) is 35.9 Å². The second kappa shape index (κ2) is 4.01. The number of nitrogen functional groups attached to an aromatic ring is 1. The Bertz CT molecular complexity index is 508. The quantitative estimate of drug-likeness (QED) is 0.790. The number of pyridine rings is 1. The average Bonchev–Trinajstić information content (AvgIpc) is 2.74. The minimum Gasteiger partial charge on any atom is -0.397 e. The molecule has 2 rings (SSSR count). The molecule has 2 aromatic heterocycles. The number of hydrogen-bond donors (Lipinski definition) is 2. The van der Waals surface area contributed by atoms with Crippen LogP contribution in [-0.2, 0) is 0 Å². The third-order valence-electron chi connectivity index (χ3n) is 2.03. The first kappa shape index (κ1) is 10.2. The SMILES string of the molecule is Cc1ncc(N)cc1C(=O)Nc1ccon1. The lowest BCUT2D eigenvalue weighted by Gasteiger charge is -2.05. The van der Waals surface area contributed by atoms with E-state index in [1.807, 2.05) is 0 Å². The molecule has 0 aliphatic heterocycles. The van der Waals surface area contributed by atoms with Crippen LogP contribution in [0.2, 0.25) is 0 Å². The summed E-state index contributed by atoms with van der Waals surface area (Å²) >= 11 is 0. The van der Waals surface area contributed by atoms with Gasteiger partial charge in [0.1, 0.15) is 6.26 Å². The third-order valence-corrected chi connectivity index (χ3v) is 2.03. The first-order valence-electron chi connectivity index (χ1n) is 4.60. The van der Waals surface area contributed by atoms with Crippen LogP contribution in [0.3, 0.4) is 0 Å².